The Hall–Kier alpha value is 0.320. The SMILES string of the molecule is Cc1cc(C)n2nc(S(=O)(=O)Cl)nc2c1.II. The number of hydrogen-bond acceptors (Lipinski definition) is 4. The third-order valence-electron chi connectivity index (χ3n) is 1.96. The van der Waals surface area contributed by atoms with Gasteiger partial charge in [0, 0.05) is 53.6 Å². The predicted molar refractivity (Wildman–Crippen MR) is 83.5 cm³/mol. The van der Waals surface area contributed by atoms with Crippen molar-refractivity contribution in [1.29, 1.82) is 0 Å². The Morgan fingerprint density at radius 2 is 1.88 bits per heavy atom. The molecule has 17 heavy (non-hydrogen) atoms. The van der Waals surface area contributed by atoms with Crippen LogP contribution in [0.4, 0.5) is 0 Å². The van der Waals surface area contributed by atoms with E-state index < -0.39 is 9.05 Å². The monoisotopic (exact) mass is 499 g/mol. The van der Waals surface area contributed by atoms with Gasteiger partial charge in [-0.1, -0.05) is 0 Å². The van der Waals surface area contributed by atoms with Gasteiger partial charge in [0.1, 0.15) is 0 Å². The third kappa shape index (κ3) is 3.64. The number of rotatable bonds is 1. The van der Waals surface area contributed by atoms with E-state index in [4.69, 9.17) is 10.7 Å². The summed E-state index contributed by atoms with van der Waals surface area (Å²) in [6.45, 7) is 3.72. The van der Waals surface area contributed by atoms with E-state index in [0.717, 1.165) is 11.3 Å². The van der Waals surface area contributed by atoms with Crippen molar-refractivity contribution in [2.45, 2.75) is 19.0 Å². The molecule has 0 bridgehead atoms. The van der Waals surface area contributed by atoms with Gasteiger partial charge in [0.25, 0.3) is 14.2 Å². The molecule has 9 heteroatoms. The van der Waals surface area contributed by atoms with Gasteiger partial charge in [0.05, 0.1) is 0 Å². The van der Waals surface area contributed by atoms with Crippen LogP contribution in [0.5, 0.6) is 0 Å². The lowest BCUT2D eigenvalue weighted by atomic mass is 10.2. The van der Waals surface area contributed by atoms with Crippen molar-refractivity contribution in [3.63, 3.8) is 0 Å². The van der Waals surface area contributed by atoms with Gasteiger partial charge in [-0.3, -0.25) is 0 Å². The van der Waals surface area contributed by atoms with E-state index in [1.807, 2.05) is 19.9 Å². The van der Waals surface area contributed by atoms with E-state index in [9.17, 15) is 8.42 Å². The molecule has 0 aliphatic rings. The molecule has 2 heterocycles. The maximum Gasteiger partial charge on any atom is 0.298 e. The van der Waals surface area contributed by atoms with Crippen LogP contribution in [0.25, 0.3) is 5.65 Å². The molecule has 5 nitrogen and oxygen atoms in total. The van der Waals surface area contributed by atoms with Crippen molar-refractivity contribution in [3.8, 4) is 0 Å². The molecule has 2 aromatic heterocycles. The molecule has 2 rings (SSSR count). The lowest BCUT2D eigenvalue weighted by Crippen LogP contribution is -1.96. The number of halogens is 3. The quantitative estimate of drug-likeness (QED) is 0.447. The fraction of sp³-hybridized carbons (Fsp3) is 0.250. The Balaban J connectivity index is 0.000000686. The van der Waals surface area contributed by atoms with Crippen LogP contribution in [0.1, 0.15) is 11.3 Å². The highest BCUT2D eigenvalue weighted by molar-refractivity contribution is 15.0. The van der Waals surface area contributed by atoms with Crippen LogP contribution in [0.15, 0.2) is 17.3 Å². The first-order valence-electron chi connectivity index (χ1n) is 4.31. The zero-order chi connectivity index (χ0) is 13.2. The molecule has 0 saturated carbocycles. The summed E-state index contributed by atoms with van der Waals surface area (Å²) in [5, 5.41) is 3.45. The lowest BCUT2D eigenvalue weighted by Gasteiger charge is -1.98. The van der Waals surface area contributed by atoms with Gasteiger partial charge in [0.2, 0.25) is 0 Å². The molecule has 2 aromatic rings. The molecular weight excluding hydrogens is 491 g/mol. The van der Waals surface area contributed by atoms with E-state index in [1.54, 1.807) is 6.07 Å². The summed E-state index contributed by atoms with van der Waals surface area (Å²) in [5.74, 6) is 0. The molecule has 94 valence electrons. The Morgan fingerprint density at radius 3 is 2.41 bits per heavy atom. The molecule has 0 aliphatic carbocycles. The van der Waals surface area contributed by atoms with Crippen LogP contribution < -0.4 is 0 Å². The van der Waals surface area contributed by atoms with Gasteiger partial charge in [-0.2, -0.15) is 4.98 Å². The van der Waals surface area contributed by atoms with Crippen molar-refractivity contribution in [2.75, 3.05) is 0 Å². The average Bonchev–Trinajstić information content (AvgIpc) is 2.64. The third-order valence-corrected chi connectivity index (χ3v) is 2.98. The van der Waals surface area contributed by atoms with Crippen LogP contribution in [-0.2, 0) is 9.05 Å². The molecule has 0 amide bonds. The van der Waals surface area contributed by atoms with Crippen molar-refractivity contribution in [1.82, 2.24) is 14.6 Å². The van der Waals surface area contributed by atoms with Crippen LogP contribution in [0, 0.1) is 13.8 Å². The van der Waals surface area contributed by atoms with Crippen molar-refractivity contribution in [3.05, 3.63) is 23.4 Å². The Labute approximate surface area is 127 Å². The molecular formula is C8H8ClI2N3O2S. The molecule has 0 unspecified atom stereocenters. The lowest BCUT2D eigenvalue weighted by molar-refractivity contribution is 0.601. The second-order valence-corrected chi connectivity index (χ2v) is 5.74. The summed E-state index contributed by atoms with van der Waals surface area (Å²) in [7, 11) is 1.29. The first-order chi connectivity index (χ1) is 7.88. The zero-order valence-corrected chi connectivity index (χ0v) is 14.7. The topological polar surface area (TPSA) is 64.3 Å². The van der Waals surface area contributed by atoms with Gasteiger partial charge in [-0.25, -0.2) is 12.9 Å². The number of aromatic nitrogens is 3. The van der Waals surface area contributed by atoms with Gasteiger partial charge >= 0.3 is 0 Å². The maximum absolute atomic E-state index is 11.0. The highest BCUT2D eigenvalue weighted by atomic mass is 128. The second kappa shape index (κ2) is 5.97. The standard InChI is InChI=1S/C8H8ClN3O2S.I2/c1-5-3-6(2)12-7(4-5)10-8(11-12)15(9,13)14;1-2/h3-4H,1-2H3;. The molecule has 0 radical (unpaired) electrons. The summed E-state index contributed by atoms with van der Waals surface area (Å²) in [5.41, 5.74) is 2.28. The fourth-order valence-corrected chi connectivity index (χ4v) is 1.97. The Morgan fingerprint density at radius 1 is 1.29 bits per heavy atom. The smallest absolute Gasteiger partial charge is 0.217 e. The molecule has 0 saturated heterocycles. The average molecular weight is 499 g/mol. The van der Waals surface area contributed by atoms with Crippen LogP contribution in [0.3, 0.4) is 0 Å². The minimum atomic E-state index is -3.87. The summed E-state index contributed by atoms with van der Waals surface area (Å²) in [6, 6.07) is 3.62. The predicted octanol–water partition coefficient (Wildman–Crippen LogP) is 3.05. The maximum atomic E-state index is 11.0. The van der Waals surface area contributed by atoms with Gasteiger partial charge in [0.15, 0.2) is 5.65 Å². The number of pyridine rings is 1. The fourth-order valence-electron chi connectivity index (χ4n) is 1.40. The highest BCUT2D eigenvalue weighted by Gasteiger charge is 2.17. The van der Waals surface area contributed by atoms with E-state index in [-0.39, 0.29) is 5.16 Å². The normalized spacial score (nSPS) is 11.1. The van der Waals surface area contributed by atoms with E-state index in [1.165, 1.54) is 4.52 Å². The molecule has 0 N–H and O–H groups in total. The second-order valence-electron chi connectivity index (χ2n) is 3.28. The number of fused-ring (bicyclic) bond motifs is 1. The minimum absolute atomic E-state index is 0.363. The first-order valence-corrected chi connectivity index (χ1v) is 12.9. The zero-order valence-electron chi connectivity index (χ0n) is 8.85. The molecule has 0 spiro atoms. The summed E-state index contributed by atoms with van der Waals surface area (Å²) in [4.78, 5) is 3.84. The van der Waals surface area contributed by atoms with E-state index >= 15 is 0 Å². The van der Waals surface area contributed by atoms with Gasteiger partial charge in [-0.15, -0.1) is 5.10 Å². The molecule has 0 aliphatic heterocycles. The molecule has 0 fully saturated rings. The highest BCUT2D eigenvalue weighted by Crippen LogP contribution is 2.14. The van der Waals surface area contributed by atoms with Gasteiger partial charge < -0.3 is 0 Å². The molecule has 0 atom stereocenters. The first kappa shape index (κ1) is 15.4. The Kier molecular flexibility index (Phi) is 5.40. The van der Waals surface area contributed by atoms with Crippen molar-refractivity contribution in [2.24, 2.45) is 0 Å². The van der Waals surface area contributed by atoms with Gasteiger partial charge in [-0.05, 0) is 31.5 Å². The number of nitrogens with zero attached hydrogens (tertiary/aromatic N) is 3. The van der Waals surface area contributed by atoms with Crippen LogP contribution >= 0.6 is 47.9 Å². The number of aryl methyl sites for hydroxylation is 2. The van der Waals surface area contributed by atoms with E-state index in [0.29, 0.717) is 5.65 Å². The summed E-state index contributed by atoms with van der Waals surface area (Å²) in [6.07, 6.45) is 0. The molecule has 0 aromatic carbocycles. The summed E-state index contributed by atoms with van der Waals surface area (Å²) >= 11 is 4.24. The van der Waals surface area contributed by atoms with Crippen LogP contribution in [-0.4, -0.2) is 23.0 Å². The Bertz CT molecular complexity index is 642. The largest absolute Gasteiger partial charge is 0.298 e. The van der Waals surface area contributed by atoms with Crippen molar-refractivity contribution < 1.29 is 8.42 Å². The summed E-state index contributed by atoms with van der Waals surface area (Å²) < 4.78 is 23.5. The van der Waals surface area contributed by atoms with Crippen molar-refractivity contribution >= 4 is 62.6 Å². The van der Waals surface area contributed by atoms with Crippen LogP contribution in [0.2, 0.25) is 0 Å². The minimum Gasteiger partial charge on any atom is -0.217 e. The number of hydrogen-bond donors (Lipinski definition) is 0. The van der Waals surface area contributed by atoms with E-state index in [2.05, 4.69) is 47.3 Å².